The van der Waals surface area contributed by atoms with Crippen LogP contribution in [-0.4, -0.2) is 22.8 Å². The van der Waals surface area contributed by atoms with Crippen LogP contribution in [0.25, 0.3) is 0 Å². The predicted molar refractivity (Wildman–Crippen MR) is 79.0 cm³/mol. The van der Waals surface area contributed by atoms with E-state index in [1.165, 1.54) is 30.5 Å². The number of hydrogen-bond donors (Lipinski definition) is 0. The summed E-state index contributed by atoms with van der Waals surface area (Å²) in [6.07, 6.45) is 1.89. The summed E-state index contributed by atoms with van der Waals surface area (Å²) in [6, 6.07) is 5.21. The van der Waals surface area contributed by atoms with Crippen molar-refractivity contribution in [3.8, 4) is 5.75 Å². The second kappa shape index (κ2) is 5.55. The minimum Gasteiger partial charge on any atom is -0.460 e. The van der Waals surface area contributed by atoms with Gasteiger partial charge in [-0.25, -0.2) is 9.37 Å². The van der Waals surface area contributed by atoms with E-state index in [1.54, 1.807) is 13.8 Å². The molecule has 2 heterocycles. The molecule has 0 aliphatic carbocycles. The molecule has 0 radical (unpaired) electrons. The van der Waals surface area contributed by atoms with Crippen molar-refractivity contribution in [2.75, 3.05) is 0 Å². The van der Waals surface area contributed by atoms with Crippen LogP contribution in [0.2, 0.25) is 0 Å². The molecule has 0 N–H and O–H groups in total. The van der Waals surface area contributed by atoms with Crippen molar-refractivity contribution in [3.63, 3.8) is 0 Å². The first-order valence-corrected chi connectivity index (χ1v) is 7.01. The Labute approximate surface area is 132 Å². The number of rotatable bonds is 3. The molecular formula is C17H14FNO4. The first-order valence-electron chi connectivity index (χ1n) is 7.01. The van der Waals surface area contributed by atoms with Crippen molar-refractivity contribution < 1.29 is 23.5 Å². The topological polar surface area (TPSA) is 65.5 Å². The van der Waals surface area contributed by atoms with Gasteiger partial charge in [-0.15, -0.1) is 0 Å². The van der Waals surface area contributed by atoms with E-state index in [0.717, 1.165) is 0 Å². The minimum atomic E-state index is -0.913. The Balaban J connectivity index is 2.09. The van der Waals surface area contributed by atoms with Crippen molar-refractivity contribution in [1.29, 1.82) is 0 Å². The Bertz CT molecular complexity index is 784. The molecule has 3 rings (SSSR count). The molecule has 1 aromatic carbocycles. The highest BCUT2D eigenvalue weighted by molar-refractivity contribution is 6.10. The highest BCUT2D eigenvalue weighted by Gasteiger charge is 2.33. The standard InChI is InChI=1S/C17H14FNO4/c1-17(2)22-9-13-12(7-19-14(8-20)16(13)23-17)15(21)10-3-5-11(18)6-4-10/h3-8H,9H2,1-2H3. The minimum absolute atomic E-state index is 0.118. The molecule has 2 aromatic rings. The van der Waals surface area contributed by atoms with Crippen LogP contribution in [0.5, 0.6) is 5.75 Å². The monoisotopic (exact) mass is 315 g/mol. The van der Waals surface area contributed by atoms with Gasteiger partial charge in [-0.2, -0.15) is 0 Å². The van der Waals surface area contributed by atoms with Gasteiger partial charge in [0.05, 0.1) is 12.2 Å². The van der Waals surface area contributed by atoms with Crippen molar-refractivity contribution in [2.45, 2.75) is 26.2 Å². The summed E-state index contributed by atoms with van der Waals surface area (Å²) in [5.41, 5.74) is 1.18. The molecule has 1 aliphatic rings. The van der Waals surface area contributed by atoms with Crippen LogP contribution in [0.3, 0.4) is 0 Å². The van der Waals surface area contributed by atoms with Crippen LogP contribution >= 0.6 is 0 Å². The molecule has 0 spiro atoms. The molecule has 118 valence electrons. The van der Waals surface area contributed by atoms with Gasteiger partial charge in [0.25, 0.3) is 0 Å². The number of carbonyl (C=O) groups excluding carboxylic acids is 2. The van der Waals surface area contributed by atoms with Gasteiger partial charge < -0.3 is 9.47 Å². The van der Waals surface area contributed by atoms with Gasteiger partial charge in [0, 0.05) is 31.2 Å². The van der Waals surface area contributed by atoms with Crippen molar-refractivity contribution >= 4 is 12.1 Å². The summed E-state index contributed by atoms with van der Waals surface area (Å²) in [7, 11) is 0. The first-order chi connectivity index (χ1) is 10.9. The van der Waals surface area contributed by atoms with Gasteiger partial charge in [-0.05, 0) is 24.3 Å². The Morgan fingerprint density at radius 3 is 2.65 bits per heavy atom. The van der Waals surface area contributed by atoms with Gasteiger partial charge in [0.2, 0.25) is 5.79 Å². The van der Waals surface area contributed by atoms with E-state index in [4.69, 9.17) is 9.47 Å². The molecule has 6 heteroatoms. The van der Waals surface area contributed by atoms with Crippen molar-refractivity contribution in [3.05, 3.63) is 58.7 Å². The number of ketones is 1. The van der Waals surface area contributed by atoms with Crippen LogP contribution in [0.4, 0.5) is 4.39 Å². The fourth-order valence-corrected chi connectivity index (χ4v) is 2.36. The number of ether oxygens (including phenoxy) is 2. The van der Waals surface area contributed by atoms with E-state index in [-0.39, 0.29) is 29.4 Å². The van der Waals surface area contributed by atoms with E-state index < -0.39 is 11.6 Å². The fourth-order valence-electron chi connectivity index (χ4n) is 2.36. The molecule has 0 saturated carbocycles. The molecule has 1 aliphatic heterocycles. The number of benzene rings is 1. The van der Waals surface area contributed by atoms with E-state index in [2.05, 4.69) is 4.98 Å². The number of hydrogen-bond acceptors (Lipinski definition) is 5. The number of halogens is 1. The zero-order chi connectivity index (χ0) is 16.6. The molecule has 5 nitrogen and oxygen atoms in total. The lowest BCUT2D eigenvalue weighted by molar-refractivity contribution is -0.180. The maximum Gasteiger partial charge on any atom is 0.205 e. The SMILES string of the molecule is CC1(C)OCc2c(C(=O)c3ccc(F)cc3)cnc(C=O)c2O1. The van der Waals surface area contributed by atoms with Gasteiger partial charge in [0.1, 0.15) is 11.5 Å². The third-order valence-corrected chi connectivity index (χ3v) is 3.54. The summed E-state index contributed by atoms with van der Waals surface area (Å²) in [4.78, 5) is 27.8. The summed E-state index contributed by atoms with van der Waals surface area (Å²) in [6.45, 7) is 3.53. The van der Waals surface area contributed by atoms with Crippen molar-refractivity contribution in [1.82, 2.24) is 4.98 Å². The lowest BCUT2D eigenvalue weighted by Crippen LogP contribution is -2.36. The lowest BCUT2D eigenvalue weighted by atomic mass is 9.98. The molecule has 0 atom stereocenters. The second-order valence-electron chi connectivity index (χ2n) is 5.61. The van der Waals surface area contributed by atoms with Crippen LogP contribution in [0.1, 0.15) is 45.8 Å². The number of nitrogens with zero attached hydrogens (tertiary/aromatic N) is 1. The van der Waals surface area contributed by atoms with Crippen LogP contribution in [-0.2, 0) is 11.3 Å². The molecule has 0 bridgehead atoms. The summed E-state index contributed by atoms with van der Waals surface area (Å²) in [5.74, 6) is -1.42. The highest BCUT2D eigenvalue weighted by atomic mass is 19.1. The van der Waals surface area contributed by atoms with Gasteiger partial charge in [-0.3, -0.25) is 9.59 Å². The predicted octanol–water partition coefficient (Wildman–Crippen LogP) is 2.91. The lowest BCUT2D eigenvalue weighted by Gasteiger charge is -2.33. The molecule has 0 unspecified atom stereocenters. The van der Waals surface area contributed by atoms with Gasteiger partial charge in [0.15, 0.2) is 17.8 Å². The molecule has 23 heavy (non-hydrogen) atoms. The van der Waals surface area contributed by atoms with E-state index in [0.29, 0.717) is 17.4 Å². The maximum absolute atomic E-state index is 13.0. The maximum atomic E-state index is 13.0. The summed E-state index contributed by atoms with van der Waals surface area (Å²) >= 11 is 0. The molecular weight excluding hydrogens is 301 g/mol. The average molecular weight is 315 g/mol. The third kappa shape index (κ3) is 2.85. The molecule has 0 amide bonds. The second-order valence-corrected chi connectivity index (χ2v) is 5.61. The zero-order valence-electron chi connectivity index (χ0n) is 12.6. The molecule has 0 fully saturated rings. The third-order valence-electron chi connectivity index (χ3n) is 3.54. The Morgan fingerprint density at radius 2 is 2.00 bits per heavy atom. The number of aromatic nitrogens is 1. The molecule has 0 saturated heterocycles. The first kappa shape index (κ1) is 15.3. The largest absolute Gasteiger partial charge is 0.460 e. The van der Waals surface area contributed by atoms with Crippen LogP contribution in [0, 0.1) is 5.82 Å². The quantitative estimate of drug-likeness (QED) is 0.643. The van der Waals surface area contributed by atoms with Gasteiger partial charge in [-0.1, -0.05) is 0 Å². The summed E-state index contributed by atoms with van der Waals surface area (Å²) in [5, 5.41) is 0. The average Bonchev–Trinajstić information content (AvgIpc) is 2.53. The normalized spacial score (nSPS) is 15.4. The van der Waals surface area contributed by atoms with E-state index in [9.17, 15) is 14.0 Å². The van der Waals surface area contributed by atoms with Crippen LogP contribution in [0.15, 0.2) is 30.5 Å². The summed E-state index contributed by atoms with van der Waals surface area (Å²) < 4.78 is 24.2. The van der Waals surface area contributed by atoms with Crippen LogP contribution < -0.4 is 4.74 Å². The number of fused-ring (bicyclic) bond motifs is 1. The Hall–Kier alpha value is -2.60. The fraction of sp³-hybridized carbons (Fsp3) is 0.235. The number of carbonyl (C=O) groups is 2. The molecule has 1 aromatic heterocycles. The highest BCUT2D eigenvalue weighted by Crippen LogP contribution is 2.35. The van der Waals surface area contributed by atoms with Gasteiger partial charge >= 0.3 is 0 Å². The van der Waals surface area contributed by atoms with Crippen molar-refractivity contribution in [2.24, 2.45) is 0 Å². The Morgan fingerprint density at radius 1 is 1.30 bits per heavy atom. The zero-order valence-corrected chi connectivity index (χ0v) is 12.6. The Kier molecular flexibility index (Phi) is 3.69. The van der Waals surface area contributed by atoms with E-state index >= 15 is 0 Å². The van der Waals surface area contributed by atoms with E-state index in [1.807, 2.05) is 0 Å². The smallest absolute Gasteiger partial charge is 0.205 e. The number of aldehydes is 1. The number of pyridine rings is 1.